The number of aliphatic carboxylic acids is 1. The van der Waals surface area contributed by atoms with E-state index in [2.05, 4.69) is 21.2 Å². The number of carbonyl (C=O) groups excluding carboxylic acids is 1. The zero-order valence-corrected chi connectivity index (χ0v) is 12.1. The van der Waals surface area contributed by atoms with Crippen molar-refractivity contribution in [2.24, 2.45) is 5.92 Å². The van der Waals surface area contributed by atoms with Crippen LogP contribution in [0, 0.1) is 12.8 Å². The van der Waals surface area contributed by atoms with Gasteiger partial charge in [0.25, 0.3) is 0 Å². The van der Waals surface area contributed by atoms with Crippen LogP contribution in [0.5, 0.6) is 0 Å². The van der Waals surface area contributed by atoms with Gasteiger partial charge in [-0.05, 0) is 31.0 Å². The first-order chi connectivity index (χ1) is 8.97. The fourth-order valence-electron chi connectivity index (χ4n) is 2.02. The molecule has 102 valence electrons. The highest BCUT2D eigenvalue weighted by Crippen LogP contribution is 2.22. The van der Waals surface area contributed by atoms with Crippen molar-refractivity contribution in [1.82, 2.24) is 4.90 Å². The molecular weight excluding hydrogens is 312 g/mol. The summed E-state index contributed by atoms with van der Waals surface area (Å²) in [5.41, 5.74) is 1.78. The molecule has 2 amide bonds. The molecule has 0 spiro atoms. The van der Waals surface area contributed by atoms with Crippen molar-refractivity contribution < 1.29 is 14.7 Å². The van der Waals surface area contributed by atoms with Gasteiger partial charge >= 0.3 is 12.0 Å². The molecule has 1 heterocycles. The lowest BCUT2D eigenvalue weighted by atomic mass is 10.1. The number of rotatable bonds is 2. The summed E-state index contributed by atoms with van der Waals surface area (Å²) in [6, 6.07) is 5.31. The molecule has 0 bridgehead atoms. The maximum atomic E-state index is 12.0. The Kier molecular flexibility index (Phi) is 4.09. The van der Waals surface area contributed by atoms with E-state index in [1.165, 1.54) is 4.90 Å². The standard InChI is InChI=1S/C13H15BrN2O3/c1-8-2-3-10(6-11(8)14)15-13(19)16-5-4-9(7-16)12(17)18/h2-3,6,9H,4-5,7H2,1H3,(H,15,19)(H,17,18). The molecule has 1 unspecified atom stereocenters. The monoisotopic (exact) mass is 326 g/mol. The number of hydrogen-bond donors (Lipinski definition) is 2. The van der Waals surface area contributed by atoms with Crippen molar-refractivity contribution in [3.8, 4) is 0 Å². The molecule has 1 saturated heterocycles. The summed E-state index contributed by atoms with van der Waals surface area (Å²) < 4.78 is 0.926. The summed E-state index contributed by atoms with van der Waals surface area (Å²) in [6.45, 7) is 2.72. The first kappa shape index (κ1) is 13.9. The second kappa shape index (κ2) is 5.61. The lowest BCUT2D eigenvalue weighted by Gasteiger charge is -2.17. The molecule has 1 aliphatic rings. The molecule has 5 nitrogen and oxygen atoms in total. The van der Waals surface area contributed by atoms with Crippen molar-refractivity contribution >= 4 is 33.6 Å². The summed E-state index contributed by atoms with van der Waals surface area (Å²) >= 11 is 3.41. The van der Waals surface area contributed by atoms with Gasteiger partial charge in [0.2, 0.25) is 0 Å². The van der Waals surface area contributed by atoms with E-state index in [-0.39, 0.29) is 12.6 Å². The highest BCUT2D eigenvalue weighted by molar-refractivity contribution is 9.10. The van der Waals surface area contributed by atoms with Crippen LogP contribution in [-0.2, 0) is 4.79 Å². The van der Waals surface area contributed by atoms with Gasteiger partial charge in [0.15, 0.2) is 0 Å². The van der Waals surface area contributed by atoms with Crippen LogP contribution in [0.4, 0.5) is 10.5 Å². The van der Waals surface area contributed by atoms with Crippen LogP contribution < -0.4 is 5.32 Å². The maximum Gasteiger partial charge on any atom is 0.321 e. The zero-order chi connectivity index (χ0) is 14.0. The van der Waals surface area contributed by atoms with Crippen molar-refractivity contribution in [3.63, 3.8) is 0 Å². The van der Waals surface area contributed by atoms with Crippen LogP contribution in [0.1, 0.15) is 12.0 Å². The lowest BCUT2D eigenvalue weighted by Crippen LogP contribution is -2.33. The van der Waals surface area contributed by atoms with Gasteiger partial charge in [-0.25, -0.2) is 4.79 Å². The molecule has 6 heteroatoms. The number of carbonyl (C=O) groups is 2. The normalized spacial score (nSPS) is 18.4. The Labute approximate surface area is 119 Å². The van der Waals surface area contributed by atoms with Gasteiger partial charge in [-0.2, -0.15) is 0 Å². The number of benzene rings is 1. The number of aryl methyl sites for hydroxylation is 1. The van der Waals surface area contributed by atoms with E-state index in [1.54, 1.807) is 0 Å². The summed E-state index contributed by atoms with van der Waals surface area (Å²) in [4.78, 5) is 24.4. The van der Waals surface area contributed by atoms with Gasteiger partial charge in [0.05, 0.1) is 5.92 Å². The molecule has 0 aliphatic carbocycles. The van der Waals surface area contributed by atoms with E-state index in [4.69, 9.17) is 5.11 Å². The molecule has 2 rings (SSSR count). The first-order valence-corrected chi connectivity index (χ1v) is 6.81. The summed E-state index contributed by atoms with van der Waals surface area (Å²) in [5, 5.41) is 11.7. The summed E-state index contributed by atoms with van der Waals surface area (Å²) in [7, 11) is 0. The minimum absolute atomic E-state index is 0.250. The minimum atomic E-state index is -0.839. The Bertz CT molecular complexity index is 519. The van der Waals surface area contributed by atoms with Crippen molar-refractivity contribution in [3.05, 3.63) is 28.2 Å². The predicted octanol–water partition coefficient (Wildman–Crippen LogP) is 2.70. The molecule has 0 aromatic heterocycles. The second-order valence-electron chi connectivity index (χ2n) is 4.66. The van der Waals surface area contributed by atoms with Gasteiger partial charge in [0.1, 0.15) is 0 Å². The summed E-state index contributed by atoms with van der Waals surface area (Å²) in [5.74, 6) is -1.29. The number of nitrogens with zero attached hydrogens (tertiary/aromatic N) is 1. The van der Waals surface area contributed by atoms with Crippen LogP contribution in [0.3, 0.4) is 0 Å². The molecule has 1 aromatic rings. The fourth-order valence-corrected chi connectivity index (χ4v) is 2.40. The van der Waals surface area contributed by atoms with E-state index in [0.29, 0.717) is 18.7 Å². The number of urea groups is 1. The largest absolute Gasteiger partial charge is 0.481 e. The third-order valence-electron chi connectivity index (χ3n) is 3.25. The van der Waals surface area contributed by atoms with Crippen LogP contribution >= 0.6 is 15.9 Å². The SMILES string of the molecule is Cc1ccc(NC(=O)N2CCC(C(=O)O)C2)cc1Br. The van der Waals surface area contributed by atoms with E-state index in [9.17, 15) is 9.59 Å². The topological polar surface area (TPSA) is 69.6 Å². The van der Waals surface area contributed by atoms with E-state index in [1.807, 2.05) is 25.1 Å². The Morgan fingerprint density at radius 3 is 2.79 bits per heavy atom. The first-order valence-electron chi connectivity index (χ1n) is 6.02. The second-order valence-corrected chi connectivity index (χ2v) is 5.52. The van der Waals surface area contributed by atoms with Gasteiger partial charge in [-0.15, -0.1) is 0 Å². The number of hydrogen-bond acceptors (Lipinski definition) is 2. The third kappa shape index (κ3) is 3.26. The van der Waals surface area contributed by atoms with Gasteiger partial charge in [0, 0.05) is 23.2 Å². The number of nitrogens with one attached hydrogen (secondary N) is 1. The van der Waals surface area contributed by atoms with Crippen molar-refractivity contribution in [1.29, 1.82) is 0 Å². The van der Waals surface area contributed by atoms with E-state index in [0.717, 1.165) is 10.0 Å². The molecule has 1 atom stereocenters. The molecule has 1 aromatic carbocycles. The lowest BCUT2D eigenvalue weighted by molar-refractivity contribution is -0.141. The van der Waals surface area contributed by atoms with Gasteiger partial charge in [-0.3, -0.25) is 4.79 Å². The number of carboxylic acid groups (broad SMARTS) is 1. The molecule has 0 radical (unpaired) electrons. The molecule has 1 fully saturated rings. The zero-order valence-electron chi connectivity index (χ0n) is 10.5. The number of amides is 2. The van der Waals surface area contributed by atoms with E-state index < -0.39 is 11.9 Å². The fraction of sp³-hybridized carbons (Fsp3) is 0.385. The van der Waals surface area contributed by atoms with Crippen LogP contribution in [-0.4, -0.2) is 35.1 Å². The Hall–Kier alpha value is -1.56. The maximum absolute atomic E-state index is 12.0. The third-order valence-corrected chi connectivity index (χ3v) is 4.10. The van der Waals surface area contributed by atoms with Crippen LogP contribution in [0.2, 0.25) is 0 Å². The van der Waals surface area contributed by atoms with Crippen molar-refractivity contribution in [2.45, 2.75) is 13.3 Å². The van der Waals surface area contributed by atoms with Crippen LogP contribution in [0.15, 0.2) is 22.7 Å². The van der Waals surface area contributed by atoms with Crippen LogP contribution in [0.25, 0.3) is 0 Å². The smallest absolute Gasteiger partial charge is 0.321 e. The van der Waals surface area contributed by atoms with Gasteiger partial charge in [-0.1, -0.05) is 22.0 Å². The molecular formula is C13H15BrN2O3. The van der Waals surface area contributed by atoms with E-state index >= 15 is 0 Å². The number of halogens is 1. The average Bonchev–Trinajstić information content (AvgIpc) is 2.83. The Balaban J connectivity index is 1.98. The minimum Gasteiger partial charge on any atom is -0.481 e. The predicted molar refractivity (Wildman–Crippen MR) is 75.2 cm³/mol. The highest BCUT2D eigenvalue weighted by Gasteiger charge is 2.30. The summed E-state index contributed by atoms with van der Waals surface area (Å²) in [6.07, 6.45) is 0.514. The Morgan fingerprint density at radius 2 is 2.21 bits per heavy atom. The average molecular weight is 327 g/mol. The quantitative estimate of drug-likeness (QED) is 0.877. The van der Waals surface area contributed by atoms with Gasteiger partial charge < -0.3 is 15.3 Å². The Morgan fingerprint density at radius 1 is 1.47 bits per heavy atom. The number of carboxylic acids is 1. The van der Waals surface area contributed by atoms with Crippen molar-refractivity contribution in [2.75, 3.05) is 18.4 Å². The molecule has 19 heavy (non-hydrogen) atoms. The molecule has 1 aliphatic heterocycles. The number of anilines is 1. The molecule has 2 N–H and O–H groups in total. The molecule has 0 saturated carbocycles. The highest BCUT2D eigenvalue weighted by atomic mass is 79.9. The number of likely N-dealkylation sites (tertiary alicyclic amines) is 1.